The second-order valence-electron chi connectivity index (χ2n) is 7.03. The number of hydrogen-bond acceptors (Lipinski definition) is 6. The van der Waals surface area contributed by atoms with Crippen molar-refractivity contribution in [3.63, 3.8) is 0 Å². The Morgan fingerprint density at radius 1 is 0.914 bits per heavy atom. The zero-order valence-corrected chi connectivity index (χ0v) is 17.0. The SMILES string of the molecule is NC(=O)/C(=C/n1cnn(-c2cc(C(F)(F)F)cc(C(F)(F)F)c2)c1=O)c1cnc2nccnc2c1. The number of fused-ring (bicyclic) bond motifs is 1. The molecule has 3 aromatic heterocycles. The number of rotatable bonds is 4. The molecular formula is C20H11F6N7O2. The largest absolute Gasteiger partial charge is 0.416 e. The molecule has 1 amide bonds. The average molecular weight is 495 g/mol. The van der Waals surface area contributed by atoms with Gasteiger partial charge in [0.1, 0.15) is 11.8 Å². The molecule has 9 nitrogen and oxygen atoms in total. The van der Waals surface area contributed by atoms with Crippen molar-refractivity contribution in [1.82, 2.24) is 29.3 Å². The molecule has 0 atom stereocenters. The summed E-state index contributed by atoms with van der Waals surface area (Å²) in [5.41, 5.74) is 0.630. The molecule has 3 heterocycles. The summed E-state index contributed by atoms with van der Waals surface area (Å²) in [6.45, 7) is 0. The number of primary amides is 1. The number of nitrogens with two attached hydrogens (primary N) is 1. The first-order valence-corrected chi connectivity index (χ1v) is 9.39. The second-order valence-corrected chi connectivity index (χ2v) is 7.03. The van der Waals surface area contributed by atoms with Gasteiger partial charge in [-0.1, -0.05) is 0 Å². The molecule has 0 saturated carbocycles. The predicted molar refractivity (Wildman–Crippen MR) is 109 cm³/mol. The van der Waals surface area contributed by atoms with Gasteiger partial charge < -0.3 is 5.73 Å². The van der Waals surface area contributed by atoms with Gasteiger partial charge in [0.25, 0.3) is 5.91 Å². The minimum atomic E-state index is -5.12. The summed E-state index contributed by atoms with van der Waals surface area (Å²) in [5.74, 6) is -1.01. The van der Waals surface area contributed by atoms with Crippen LogP contribution in [-0.2, 0) is 17.1 Å². The third-order valence-electron chi connectivity index (χ3n) is 4.68. The number of nitrogens with zero attached hydrogens (tertiary/aromatic N) is 6. The van der Waals surface area contributed by atoms with E-state index in [4.69, 9.17) is 5.73 Å². The van der Waals surface area contributed by atoms with Crippen LogP contribution in [-0.4, -0.2) is 35.2 Å². The maximum Gasteiger partial charge on any atom is 0.416 e. The molecule has 0 fully saturated rings. The molecule has 4 rings (SSSR count). The predicted octanol–water partition coefficient (Wildman–Crippen LogP) is 2.89. The molecule has 4 aromatic rings. The number of carbonyl (C=O) groups excluding carboxylic acids is 1. The highest BCUT2D eigenvalue weighted by molar-refractivity contribution is 6.22. The average Bonchev–Trinajstić information content (AvgIpc) is 3.15. The minimum Gasteiger partial charge on any atom is -0.366 e. The highest BCUT2D eigenvalue weighted by atomic mass is 19.4. The zero-order valence-electron chi connectivity index (χ0n) is 17.0. The molecular weight excluding hydrogens is 484 g/mol. The number of aromatic nitrogens is 6. The van der Waals surface area contributed by atoms with E-state index in [2.05, 4.69) is 20.1 Å². The van der Waals surface area contributed by atoms with Crippen molar-refractivity contribution in [3.8, 4) is 5.69 Å². The number of pyridine rings is 1. The summed E-state index contributed by atoms with van der Waals surface area (Å²) in [5, 5.41) is 3.59. The van der Waals surface area contributed by atoms with Gasteiger partial charge in [-0.2, -0.15) is 36.1 Å². The molecule has 15 heteroatoms. The lowest BCUT2D eigenvalue weighted by Gasteiger charge is -2.13. The van der Waals surface area contributed by atoms with Crippen molar-refractivity contribution in [2.75, 3.05) is 0 Å². The van der Waals surface area contributed by atoms with Crippen molar-refractivity contribution in [3.05, 3.63) is 76.4 Å². The lowest BCUT2D eigenvalue weighted by molar-refractivity contribution is -0.143. The molecule has 0 saturated heterocycles. The fraction of sp³-hybridized carbons (Fsp3) is 0.100. The third-order valence-corrected chi connectivity index (χ3v) is 4.68. The fourth-order valence-electron chi connectivity index (χ4n) is 3.07. The van der Waals surface area contributed by atoms with Crippen LogP contribution in [0, 0.1) is 0 Å². The third kappa shape index (κ3) is 4.73. The number of hydrogen-bond donors (Lipinski definition) is 1. The minimum absolute atomic E-state index is 0.0771. The van der Waals surface area contributed by atoms with Crippen LogP contribution >= 0.6 is 0 Å². The van der Waals surface area contributed by atoms with E-state index in [0.717, 1.165) is 12.5 Å². The molecule has 0 spiro atoms. The van der Waals surface area contributed by atoms with Crippen molar-refractivity contribution < 1.29 is 31.1 Å². The molecule has 180 valence electrons. The molecule has 35 heavy (non-hydrogen) atoms. The maximum absolute atomic E-state index is 13.2. The summed E-state index contributed by atoms with van der Waals surface area (Å²) < 4.78 is 80.0. The normalized spacial score (nSPS) is 12.8. The Bertz CT molecular complexity index is 1500. The number of benzene rings is 1. The highest BCUT2D eigenvalue weighted by Gasteiger charge is 2.37. The maximum atomic E-state index is 13.2. The van der Waals surface area contributed by atoms with Crippen LogP contribution in [0.4, 0.5) is 26.3 Å². The van der Waals surface area contributed by atoms with Crippen molar-refractivity contribution in [1.29, 1.82) is 0 Å². The monoisotopic (exact) mass is 495 g/mol. The Morgan fingerprint density at radius 2 is 1.54 bits per heavy atom. The fourth-order valence-corrected chi connectivity index (χ4v) is 3.07. The van der Waals surface area contributed by atoms with E-state index in [1.54, 1.807) is 0 Å². The first-order chi connectivity index (χ1) is 16.3. The van der Waals surface area contributed by atoms with Crippen LogP contribution in [0.5, 0.6) is 0 Å². The Hall–Kier alpha value is -4.56. The van der Waals surface area contributed by atoms with Gasteiger partial charge in [-0.25, -0.2) is 14.8 Å². The van der Waals surface area contributed by atoms with E-state index in [-0.39, 0.29) is 22.9 Å². The van der Waals surface area contributed by atoms with E-state index >= 15 is 0 Å². The second kappa shape index (κ2) is 8.34. The quantitative estimate of drug-likeness (QED) is 0.343. The van der Waals surface area contributed by atoms with Gasteiger partial charge in [0, 0.05) is 30.4 Å². The van der Waals surface area contributed by atoms with Gasteiger partial charge in [-0.15, -0.1) is 0 Å². The van der Waals surface area contributed by atoms with Crippen LogP contribution in [0.3, 0.4) is 0 Å². The Balaban J connectivity index is 1.83. The van der Waals surface area contributed by atoms with Gasteiger partial charge in [0.2, 0.25) is 0 Å². The Kier molecular flexibility index (Phi) is 5.62. The zero-order chi connectivity index (χ0) is 25.5. The van der Waals surface area contributed by atoms with E-state index in [0.29, 0.717) is 26.9 Å². The van der Waals surface area contributed by atoms with Crippen LogP contribution in [0.2, 0.25) is 0 Å². The summed E-state index contributed by atoms with van der Waals surface area (Å²) in [7, 11) is 0. The van der Waals surface area contributed by atoms with Gasteiger partial charge in [0.15, 0.2) is 5.65 Å². The number of carbonyl (C=O) groups is 1. The number of alkyl halides is 6. The molecule has 0 unspecified atom stereocenters. The van der Waals surface area contributed by atoms with E-state index in [9.17, 15) is 35.9 Å². The standard InChI is InChI=1S/C20H11F6N7O2/c21-19(22,23)11-4-12(20(24,25)26)6-13(5-11)33-18(35)32(9-31-33)8-14(16(27)34)10-3-15-17(30-7-10)29-2-1-28-15/h1-9H,(H2,27,34)/b14-8+. The van der Waals surface area contributed by atoms with Gasteiger partial charge in [-0.3, -0.25) is 14.3 Å². The lowest BCUT2D eigenvalue weighted by atomic mass is 10.1. The molecule has 0 aliphatic heterocycles. The molecule has 0 bridgehead atoms. The summed E-state index contributed by atoms with van der Waals surface area (Å²) in [6, 6.07) is 2.02. The van der Waals surface area contributed by atoms with Crippen LogP contribution in [0.1, 0.15) is 16.7 Å². The summed E-state index contributed by atoms with van der Waals surface area (Å²) in [4.78, 5) is 36.8. The Labute approximate surface area is 190 Å². The van der Waals surface area contributed by atoms with E-state index < -0.39 is 40.8 Å². The molecule has 0 aliphatic carbocycles. The van der Waals surface area contributed by atoms with Gasteiger partial charge in [-0.05, 0) is 24.3 Å². The number of amides is 1. The molecule has 0 radical (unpaired) electrons. The topological polar surface area (TPSA) is 122 Å². The number of halogens is 6. The smallest absolute Gasteiger partial charge is 0.366 e. The van der Waals surface area contributed by atoms with Gasteiger partial charge >= 0.3 is 18.0 Å². The first-order valence-electron chi connectivity index (χ1n) is 9.39. The Morgan fingerprint density at radius 3 is 2.14 bits per heavy atom. The van der Waals surface area contributed by atoms with Crippen molar-refractivity contribution in [2.45, 2.75) is 12.4 Å². The lowest BCUT2D eigenvalue weighted by Crippen LogP contribution is -2.23. The van der Waals surface area contributed by atoms with Crippen LogP contribution in [0.25, 0.3) is 28.6 Å². The van der Waals surface area contributed by atoms with Crippen molar-refractivity contribution in [2.24, 2.45) is 5.73 Å². The van der Waals surface area contributed by atoms with Crippen LogP contribution in [0.15, 0.2) is 54.0 Å². The van der Waals surface area contributed by atoms with Crippen molar-refractivity contribution >= 4 is 28.8 Å². The van der Waals surface area contributed by atoms with Gasteiger partial charge in [0.05, 0.1) is 22.4 Å². The highest BCUT2D eigenvalue weighted by Crippen LogP contribution is 2.36. The molecule has 0 aliphatic rings. The summed E-state index contributed by atoms with van der Waals surface area (Å²) >= 11 is 0. The molecule has 1 aromatic carbocycles. The van der Waals surface area contributed by atoms with Crippen LogP contribution < -0.4 is 11.4 Å². The molecule has 2 N–H and O–H groups in total. The summed E-state index contributed by atoms with van der Waals surface area (Å²) in [6.07, 6.45) is -4.52. The van der Waals surface area contributed by atoms with E-state index in [1.165, 1.54) is 24.7 Å². The van der Waals surface area contributed by atoms with E-state index in [1.807, 2.05) is 0 Å². The first kappa shape index (κ1) is 23.6.